The lowest BCUT2D eigenvalue weighted by molar-refractivity contribution is 0.0950. The SMILES string of the molecule is COc1cc(/C=C2\Oc3c(ccc4c3CN(CCc3ccc(Cl)cc3Cl)CO4)C2=O)cc(OC)c1OC. The molecule has 37 heavy (non-hydrogen) atoms. The Bertz CT molecular complexity index is 1380. The Morgan fingerprint density at radius 2 is 1.76 bits per heavy atom. The zero-order chi connectivity index (χ0) is 26.1. The highest BCUT2D eigenvalue weighted by molar-refractivity contribution is 6.35. The van der Waals surface area contributed by atoms with Crippen molar-refractivity contribution in [3.63, 3.8) is 0 Å². The van der Waals surface area contributed by atoms with E-state index < -0.39 is 0 Å². The first-order chi connectivity index (χ1) is 17.9. The molecule has 9 heteroatoms. The van der Waals surface area contributed by atoms with Gasteiger partial charge in [-0.3, -0.25) is 9.69 Å². The van der Waals surface area contributed by atoms with E-state index in [0.29, 0.717) is 69.7 Å². The van der Waals surface area contributed by atoms with Crippen LogP contribution in [0.4, 0.5) is 0 Å². The summed E-state index contributed by atoms with van der Waals surface area (Å²) in [5, 5.41) is 1.25. The van der Waals surface area contributed by atoms with E-state index in [1.165, 1.54) is 7.11 Å². The first-order valence-corrected chi connectivity index (χ1v) is 12.4. The van der Waals surface area contributed by atoms with Crippen LogP contribution in [0, 0.1) is 0 Å². The minimum atomic E-state index is -0.198. The molecule has 0 aliphatic carbocycles. The van der Waals surface area contributed by atoms with E-state index in [9.17, 15) is 4.79 Å². The van der Waals surface area contributed by atoms with Gasteiger partial charge in [-0.1, -0.05) is 29.3 Å². The van der Waals surface area contributed by atoms with Gasteiger partial charge in [0.05, 0.1) is 32.5 Å². The van der Waals surface area contributed by atoms with Crippen LogP contribution in [0.5, 0.6) is 28.7 Å². The molecule has 7 nitrogen and oxygen atoms in total. The summed E-state index contributed by atoms with van der Waals surface area (Å²) in [5.74, 6) is 2.69. The summed E-state index contributed by atoms with van der Waals surface area (Å²) in [5.41, 5.74) is 3.03. The number of allylic oxidation sites excluding steroid dienone is 1. The van der Waals surface area contributed by atoms with Gasteiger partial charge >= 0.3 is 0 Å². The van der Waals surface area contributed by atoms with Crippen LogP contribution in [0.25, 0.3) is 6.08 Å². The Balaban J connectivity index is 1.38. The highest BCUT2D eigenvalue weighted by Crippen LogP contribution is 2.43. The van der Waals surface area contributed by atoms with Crippen LogP contribution in [0.3, 0.4) is 0 Å². The van der Waals surface area contributed by atoms with E-state index in [2.05, 4.69) is 4.90 Å². The van der Waals surface area contributed by atoms with Gasteiger partial charge in [-0.15, -0.1) is 0 Å². The molecule has 0 atom stereocenters. The van der Waals surface area contributed by atoms with Gasteiger partial charge in [0.15, 0.2) is 17.3 Å². The summed E-state index contributed by atoms with van der Waals surface area (Å²) in [6.07, 6.45) is 2.40. The smallest absolute Gasteiger partial charge is 0.231 e. The second kappa shape index (κ2) is 10.5. The molecule has 2 heterocycles. The predicted octanol–water partition coefficient (Wildman–Crippen LogP) is 6.03. The number of halogens is 2. The molecule has 2 aliphatic rings. The molecule has 0 fully saturated rings. The average Bonchev–Trinajstić information content (AvgIpc) is 3.22. The number of carbonyl (C=O) groups is 1. The number of nitrogens with zero attached hydrogens (tertiary/aromatic N) is 1. The lowest BCUT2D eigenvalue weighted by Crippen LogP contribution is -2.33. The van der Waals surface area contributed by atoms with Crippen LogP contribution < -0.4 is 23.7 Å². The second-order valence-electron chi connectivity index (χ2n) is 8.63. The van der Waals surface area contributed by atoms with Crippen LogP contribution in [0.1, 0.15) is 27.0 Å². The molecule has 0 aromatic heterocycles. The van der Waals surface area contributed by atoms with Crippen molar-refractivity contribution in [1.82, 2.24) is 4.90 Å². The van der Waals surface area contributed by atoms with Crippen molar-refractivity contribution in [1.29, 1.82) is 0 Å². The van der Waals surface area contributed by atoms with Gasteiger partial charge in [0, 0.05) is 23.1 Å². The largest absolute Gasteiger partial charge is 0.493 e. The predicted molar refractivity (Wildman–Crippen MR) is 142 cm³/mol. The number of benzene rings is 3. The minimum Gasteiger partial charge on any atom is -0.493 e. The number of rotatable bonds is 7. The number of hydrogen-bond acceptors (Lipinski definition) is 7. The zero-order valence-corrected chi connectivity index (χ0v) is 22.1. The fraction of sp³-hybridized carbons (Fsp3) is 0.250. The van der Waals surface area contributed by atoms with Gasteiger partial charge in [0.25, 0.3) is 0 Å². The van der Waals surface area contributed by atoms with Crippen LogP contribution >= 0.6 is 23.2 Å². The molecular weight excluding hydrogens is 517 g/mol. The topological polar surface area (TPSA) is 66.5 Å². The molecule has 0 unspecified atom stereocenters. The van der Waals surface area contributed by atoms with Crippen LogP contribution in [0.2, 0.25) is 10.0 Å². The highest BCUT2D eigenvalue weighted by Gasteiger charge is 2.33. The van der Waals surface area contributed by atoms with Crippen molar-refractivity contribution in [2.24, 2.45) is 0 Å². The Kier molecular flexibility index (Phi) is 7.20. The molecule has 0 radical (unpaired) electrons. The molecule has 0 N–H and O–H groups in total. The van der Waals surface area contributed by atoms with Gasteiger partial charge in [0.1, 0.15) is 18.2 Å². The van der Waals surface area contributed by atoms with E-state index in [0.717, 1.165) is 17.5 Å². The Morgan fingerprint density at radius 3 is 2.43 bits per heavy atom. The van der Waals surface area contributed by atoms with E-state index >= 15 is 0 Å². The molecule has 0 saturated carbocycles. The minimum absolute atomic E-state index is 0.198. The summed E-state index contributed by atoms with van der Waals surface area (Å²) in [4.78, 5) is 15.4. The van der Waals surface area contributed by atoms with Gasteiger partial charge in [-0.2, -0.15) is 0 Å². The monoisotopic (exact) mass is 541 g/mol. The molecule has 0 amide bonds. The van der Waals surface area contributed by atoms with Crippen molar-refractivity contribution >= 4 is 35.1 Å². The molecule has 0 saturated heterocycles. The maximum absolute atomic E-state index is 13.2. The second-order valence-corrected chi connectivity index (χ2v) is 9.47. The number of fused-ring (bicyclic) bond motifs is 3. The summed E-state index contributed by atoms with van der Waals surface area (Å²) in [6, 6.07) is 12.6. The molecule has 2 aliphatic heterocycles. The molecule has 5 rings (SSSR count). The average molecular weight is 542 g/mol. The molecule has 0 spiro atoms. The number of hydrogen-bond donors (Lipinski definition) is 0. The number of ketones is 1. The van der Waals surface area contributed by atoms with E-state index in [1.807, 2.05) is 18.2 Å². The molecule has 3 aromatic rings. The third kappa shape index (κ3) is 4.94. The van der Waals surface area contributed by atoms with Gasteiger partial charge in [-0.25, -0.2) is 0 Å². The quantitative estimate of drug-likeness (QED) is 0.338. The standard InChI is InChI=1S/C28H25Cl2NO6/c1-33-24-11-16(12-25(34-2)28(24)35-3)10-23-26(32)19-6-7-22-20(27(19)37-23)14-31(15-36-22)9-8-17-4-5-18(29)13-21(17)30/h4-7,10-13H,8-9,14-15H2,1-3H3/b23-10-. The Morgan fingerprint density at radius 1 is 1.00 bits per heavy atom. The fourth-order valence-electron chi connectivity index (χ4n) is 4.49. The first-order valence-electron chi connectivity index (χ1n) is 11.6. The van der Waals surface area contributed by atoms with Crippen molar-refractivity contribution in [2.45, 2.75) is 13.0 Å². The molecule has 0 bridgehead atoms. The number of Topliss-reactive ketones (excluding diaryl/α,β-unsaturated/α-hetero) is 1. The first kappa shape index (κ1) is 25.3. The third-order valence-electron chi connectivity index (χ3n) is 6.38. The lowest BCUT2D eigenvalue weighted by Gasteiger charge is -2.29. The number of carbonyl (C=O) groups excluding carboxylic acids is 1. The molecular formula is C28H25Cl2NO6. The van der Waals surface area contributed by atoms with Gasteiger partial charge in [-0.05, 0) is 60.0 Å². The Labute approximate surface area is 225 Å². The molecule has 3 aromatic carbocycles. The van der Waals surface area contributed by atoms with E-state index in [-0.39, 0.29) is 11.5 Å². The van der Waals surface area contributed by atoms with Crippen LogP contribution in [-0.4, -0.2) is 45.3 Å². The van der Waals surface area contributed by atoms with Crippen molar-refractivity contribution in [3.8, 4) is 28.7 Å². The van der Waals surface area contributed by atoms with Gasteiger partial charge in [0.2, 0.25) is 11.5 Å². The highest BCUT2D eigenvalue weighted by atomic mass is 35.5. The van der Waals surface area contributed by atoms with Crippen LogP contribution in [0.15, 0.2) is 48.2 Å². The van der Waals surface area contributed by atoms with E-state index in [4.69, 9.17) is 46.9 Å². The zero-order valence-electron chi connectivity index (χ0n) is 20.6. The normalized spacial score (nSPS) is 15.6. The van der Waals surface area contributed by atoms with Gasteiger partial charge < -0.3 is 23.7 Å². The molecule has 192 valence electrons. The fourth-order valence-corrected chi connectivity index (χ4v) is 4.99. The van der Waals surface area contributed by atoms with Crippen LogP contribution in [-0.2, 0) is 13.0 Å². The third-order valence-corrected chi connectivity index (χ3v) is 6.97. The lowest BCUT2D eigenvalue weighted by atomic mass is 10.0. The van der Waals surface area contributed by atoms with Crippen molar-refractivity contribution in [3.05, 3.63) is 80.5 Å². The Hall–Kier alpha value is -3.39. The number of ether oxygens (including phenoxy) is 5. The maximum atomic E-state index is 13.2. The summed E-state index contributed by atoms with van der Waals surface area (Å²) >= 11 is 12.4. The summed E-state index contributed by atoms with van der Waals surface area (Å²) in [6.45, 7) is 1.72. The van der Waals surface area contributed by atoms with Crippen molar-refractivity contribution in [2.75, 3.05) is 34.6 Å². The summed E-state index contributed by atoms with van der Waals surface area (Å²) in [7, 11) is 4.62. The van der Waals surface area contributed by atoms with E-state index in [1.54, 1.807) is 44.6 Å². The van der Waals surface area contributed by atoms with Crippen molar-refractivity contribution < 1.29 is 28.5 Å². The maximum Gasteiger partial charge on any atom is 0.231 e. The number of methoxy groups -OCH3 is 3. The summed E-state index contributed by atoms with van der Waals surface area (Å²) < 4.78 is 28.4.